The summed E-state index contributed by atoms with van der Waals surface area (Å²) < 4.78 is 13.4. The van der Waals surface area contributed by atoms with E-state index in [9.17, 15) is 4.39 Å². The third-order valence-corrected chi connectivity index (χ3v) is 2.38. The highest BCUT2D eigenvalue weighted by molar-refractivity contribution is 5.84. The number of pyridine rings is 1. The number of aryl methyl sites for hydroxylation is 2. The van der Waals surface area contributed by atoms with E-state index in [2.05, 4.69) is 4.98 Å². The molecule has 0 fully saturated rings. The number of benzene rings is 1. The molecule has 0 aliphatic heterocycles. The number of aromatic nitrogens is 1. The van der Waals surface area contributed by atoms with E-state index < -0.39 is 0 Å². The maximum absolute atomic E-state index is 13.4. The highest BCUT2D eigenvalue weighted by atomic mass is 19.1. The van der Waals surface area contributed by atoms with Crippen molar-refractivity contribution in [2.75, 3.05) is 5.73 Å². The monoisotopic (exact) mass is 190 g/mol. The summed E-state index contributed by atoms with van der Waals surface area (Å²) in [7, 11) is 0. The second-order valence-corrected chi connectivity index (χ2v) is 3.45. The highest BCUT2D eigenvalue weighted by Gasteiger charge is 2.06. The molecule has 3 heteroatoms. The minimum atomic E-state index is -0.322. The number of fused-ring (bicyclic) bond motifs is 1. The van der Waals surface area contributed by atoms with Crippen molar-refractivity contribution in [1.29, 1.82) is 0 Å². The normalized spacial score (nSPS) is 10.8. The summed E-state index contributed by atoms with van der Waals surface area (Å²) in [6.07, 6.45) is 0. The Balaban J connectivity index is 2.94. The Kier molecular flexibility index (Phi) is 1.88. The second-order valence-electron chi connectivity index (χ2n) is 3.45. The predicted molar refractivity (Wildman–Crippen MR) is 55.6 cm³/mol. The summed E-state index contributed by atoms with van der Waals surface area (Å²) in [4.78, 5) is 4.04. The van der Waals surface area contributed by atoms with Crippen LogP contribution < -0.4 is 5.73 Å². The maximum atomic E-state index is 13.4. The molecule has 0 saturated heterocycles. The molecule has 0 spiro atoms. The summed E-state index contributed by atoms with van der Waals surface area (Å²) >= 11 is 0. The molecule has 14 heavy (non-hydrogen) atoms. The molecule has 0 unspecified atom stereocenters. The Morgan fingerprint density at radius 1 is 1.21 bits per heavy atom. The standard InChI is InChI=1S/C11H11FN2/c1-6-3-4-9(12)10-8(6)5-7(2)11(13)14-10/h3-5H,1-2H3,(H2,13,14). The van der Waals surface area contributed by atoms with Crippen molar-refractivity contribution in [1.82, 2.24) is 4.98 Å². The second kappa shape index (κ2) is 2.94. The van der Waals surface area contributed by atoms with Crippen LogP contribution in [0.2, 0.25) is 0 Å². The first-order valence-corrected chi connectivity index (χ1v) is 4.41. The molecule has 2 N–H and O–H groups in total. The smallest absolute Gasteiger partial charge is 0.149 e. The van der Waals surface area contributed by atoms with Gasteiger partial charge in [0.25, 0.3) is 0 Å². The van der Waals surface area contributed by atoms with Crippen LogP contribution in [0.5, 0.6) is 0 Å². The van der Waals surface area contributed by atoms with Gasteiger partial charge in [-0.3, -0.25) is 0 Å². The van der Waals surface area contributed by atoms with Gasteiger partial charge in [0.1, 0.15) is 17.2 Å². The zero-order chi connectivity index (χ0) is 10.3. The Labute approximate surface area is 81.6 Å². The molecule has 72 valence electrons. The molecule has 0 atom stereocenters. The molecule has 0 amide bonds. The maximum Gasteiger partial charge on any atom is 0.149 e. The van der Waals surface area contributed by atoms with Gasteiger partial charge in [0.15, 0.2) is 0 Å². The predicted octanol–water partition coefficient (Wildman–Crippen LogP) is 2.57. The van der Waals surface area contributed by atoms with Crippen LogP contribution in [0.1, 0.15) is 11.1 Å². The molecule has 1 aromatic carbocycles. The van der Waals surface area contributed by atoms with Crippen LogP contribution in [0.3, 0.4) is 0 Å². The zero-order valence-corrected chi connectivity index (χ0v) is 8.13. The van der Waals surface area contributed by atoms with Crippen LogP contribution >= 0.6 is 0 Å². The molecule has 0 bridgehead atoms. The number of hydrogen-bond donors (Lipinski definition) is 1. The van der Waals surface area contributed by atoms with Crippen LogP contribution in [-0.2, 0) is 0 Å². The van der Waals surface area contributed by atoms with E-state index in [1.165, 1.54) is 6.07 Å². The van der Waals surface area contributed by atoms with Gasteiger partial charge in [0.2, 0.25) is 0 Å². The molecular formula is C11H11FN2. The Bertz CT molecular complexity index is 460. The molecule has 0 radical (unpaired) electrons. The van der Waals surface area contributed by atoms with E-state index in [-0.39, 0.29) is 5.82 Å². The first-order valence-electron chi connectivity index (χ1n) is 4.41. The lowest BCUT2D eigenvalue weighted by Crippen LogP contribution is -1.96. The van der Waals surface area contributed by atoms with Crippen LogP contribution in [0.25, 0.3) is 10.9 Å². The Morgan fingerprint density at radius 2 is 1.93 bits per heavy atom. The summed E-state index contributed by atoms with van der Waals surface area (Å²) in [6, 6.07) is 5.03. The summed E-state index contributed by atoms with van der Waals surface area (Å²) in [5.41, 5.74) is 7.87. The van der Waals surface area contributed by atoms with Crippen molar-refractivity contribution >= 4 is 16.7 Å². The molecule has 1 heterocycles. The minimum Gasteiger partial charge on any atom is -0.383 e. The molecule has 0 saturated carbocycles. The molecule has 0 aliphatic carbocycles. The van der Waals surface area contributed by atoms with Gasteiger partial charge in [0.05, 0.1) is 0 Å². The first kappa shape index (κ1) is 8.94. The summed E-state index contributed by atoms with van der Waals surface area (Å²) in [5.74, 6) is 0.0688. The van der Waals surface area contributed by atoms with E-state index >= 15 is 0 Å². The quantitative estimate of drug-likeness (QED) is 0.693. The fraction of sp³-hybridized carbons (Fsp3) is 0.182. The van der Waals surface area contributed by atoms with Crippen molar-refractivity contribution < 1.29 is 4.39 Å². The third-order valence-electron chi connectivity index (χ3n) is 2.38. The lowest BCUT2D eigenvalue weighted by atomic mass is 10.1. The molecule has 1 aromatic heterocycles. The highest BCUT2D eigenvalue weighted by Crippen LogP contribution is 2.23. The fourth-order valence-electron chi connectivity index (χ4n) is 1.48. The lowest BCUT2D eigenvalue weighted by Gasteiger charge is -2.05. The average Bonchev–Trinajstić information content (AvgIpc) is 2.15. The van der Waals surface area contributed by atoms with Gasteiger partial charge in [-0.15, -0.1) is 0 Å². The molecule has 2 aromatic rings. The molecular weight excluding hydrogens is 179 g/mol. The van der Waals surface area contributed by atoms with Crippen molar-refractivity contribution in [2.45, 2.75) is 13.8 Å². The summed E-state index contributed by atoms with van der Waals surface area (Å²) in [6.45, 7) is 3.80. The number of hydrogen-bond acceptors (Lipinski definition) is 2. The molecule has 2 nitrogen and oxygen atoms in total. The lowest BCUT2D eigenvalue weighted by molar-refractivity contribution is 0.636. The van der Waals surface area contributed by atoms with E-state index in [4.69, 9.17) is 5.73 Å². The fourth-order valence-corrected chi connectivity index (χ4v) is 1.48. The van der Waals surface area contributed by atoms with Gasteiger partial charge in [-0.1, -0.05) is 6.07 Å². The van der Waals surface area contributed by atoms with Crippen LogP contribution in [-0.4, -0.2) is 4.98 Å². The van der Waals surface area contributed by atoms with E-state index in [0.717, 1.165) is 16.5 Å². The van der Waals surface area contributed by atoms with Crippen LogP contribution in [0.15, 0.2) is 18.2 Å². The zero-order valence-electron chi connectivity index (χ0n) is 8.13. The van der Waals surface area contributed by atoms with Crippen LogP contribution in [0, 0.1) is 19.7 Å². The van der Waals surface area contributed by atoms with Crippen LogP contribution in [0.4, 0.5) is 10.2 Å². The molecule has 0 aliphatic rings. The number of nitrogen functional groups attached to an aromatic ring is 1. The van der Waals surface area contributed by atoms with Crippen molar-refractivity contribution in [3.63, 3.8) is 0 Å². The van der Waals surface area contributed by atoms with Gasteiger partial charge in [-0.25, -0.2) is 9.37 Å². The van der Waals surface area contributed by atoms with Crippen molar-refractivity contribution in [2.24, 2.45) is 0 Å². The van der Waals surface area contributed by atoms with Crippen molar-refractivity contribution in [3.8, 4) is 0 Å². The van der Waals surface area contributed by atoms with E-state index in [1.54, 1.807) is 6.07 Å². The number of nitrogens with two attached hydrogens (primary N) is 1. The molecule has 2 rings (SSSR count). The number of nitrogens with zero attached hydrogens (tertiary/aromatic N) is 1. The topological polar surface area (TPSA) is 38.9 Å². The van der Waals surface area contributed by atoms with Gasteiger partial charge >= 0.3 is 0 Å². The summed E-state index contributed by atoms with van der Waals surface area (Å²) in [5, 5.41) is 0.830. The van der Waals surface area contributed by atoms with E-state index in [0.29, 0.717) is 11.3 Å². The van der Waals surface area contributed by atoms with Gasteiger partial charge in [0, 0.05) is 5.39 Å². The Hall–Kier alpha value is -1.64. The third kappa shape index (κ3) is 1.21. The average molecular weight is 190 g/mol. The van der Waals surface area contributed by atoms with Gasteiger partial charge in [-0.2, -0.15) is 0 Å². The van der Waals surface area contributed by atoms with Gasteiger partial charge < -0.3 is 5.73 Å². The SMILES string of the molecule is Cc1cc2c(C)ccc(F)c2nc1N. The Morgan fingerprint density at radius 3 is 2.64 bits per heavy atom. The van der Waals surface area contributed by atoms with Gasteiger partial charge in [-0.05, 0) is 37.1 Å². The minimum absolute atomic E-state index is 0.322. The number of halogens is 1. The number of anilines is 1. The van der Waals surface area contributed by atoms with E-state index in [1.807, 2.05) is 19.9 Å². The largest absolute Gasteiger partial charge is 0.383 e. The van der Waals surface area contributed by atoms with Crippen molar-refractivity contribution in [3.05, 3.63) is 35.1 Å². The number of rotatable bonds is 0. The first-order chi connectivity index (χ1) is 6.59.